The van der Waals surface area contributed by atoms with Crippen LogP contribution in [0.2, 0.25) is 0 Å². The summed E-state index contributed by atoms with van der Waals surface area (Å²) in [6, 6.07) is 9.35. The summed E-state index contributed by atoms with van der Waals surface area (Å²) in [5.74, 6) is -0.161. The number of carbonyl (C=O) groups is 2. The minimum absolute atomic E-state index is 0.0480. The van der Waals surface area contributed by atoms with Crippen molar-refractivity contribution in [3.8, 4) is 0 Å². The molecule has 0 spiro atoms. The van der Waals surface area contributed by atoms with Crippen LogP contribution in [-0.4, -0.2) is 61.5 Å². The van der Waals surface area contributed by atoms with Gasteiger partial charge in [0.25, 0.3) is 0 Å². The Morgan fingerprint density at radius 2 is 1.68 bits per heavy atom. The highest BCUT2D eigenvalue weighted by Crippen LogP contribution is 2.21. The molecule has 1 atom stereocenters. The summed E-state index contributed by atoms with van der Waals surface area (Å²) < 4.78 is 4.85. The number of nitrogens with zero attached hydrogens (tertiary/aromatic N) is 2. The fourth-order valence-corrected chi connectivity index (χ4v) is 2.61. The number of ether oxygens (including phenoxy) is 1. The van der Waals surface area contributed by atoms with Crippen LogP contribution in [0, 0.1) is 0 Å². The van der Waals surface area contributed by atoms with Crippen molar-refractivity contribution < 1.29 is 14.3 Å². The van der Waals surface area contributed by atoms with Crippen LogP contribution < -0.4 is 5.73 Å². The van der Waals surface area contributed by atoms with Gasteiger partial charge in [-0.1, -0.05) is 30.3 Å². The summed E-state index contributed by atoms with van der Waals surface area (Å²) in [4.78, 5) is 27.9. The lowest BCUT2D eigenvalue weighted by Gasteiger charge is -2.38. The summed E-state index contributed by atoms with van der Waals surface area (Å²) in [6.45, 7) is 3.82. The second-order valence-electron chi connectivity index (χ2n) is 5.67. The molecule has 22 heavy (non-hydrogen) atoms. The number of carbonyl (C=O) groups excluding carboxylic acids is 2. The average molecular weight is 305 g/mol. The van der Waals surface area contributed by atoms with Gasteiger partial charge in [-0.3, -0.25) is 9.59 Å². The van der Waals surface area contributed by atoms with E-state index < -0.39 is 5.54 Å². The van der Waals surface area contributed by atoms with Crippen LogP contribution in [0.4, 0.5) is 0 Å². The zero-order valence-electron chi connectivity index (χ0n) is 13.1. The van der Waals surface area contributed by atoms with Gasteiger partial charge in [-0.25, -0.2) is 0 Å². The highest BCUT2D eigenvalue weighted by atomic mass is 16.5. The number of piperazine rings is 1. The first kappa shape index (κ1) is 16.5. The molecule has 2 rings (SSSR count). The Morgan fingerprint density at radius 1 is 1.14 bits per heavy atom. The van der Waals surface area contributed by atoms with Crippen molar-refractivity contribution in [3.63, 3.8) is 0 Å². The lowest BCUT2D eigenvalue weighted by molar-refractivity contribution is -0.144. The van der Waals surface area contributed by atoms with Crippen molar-refractivity contribution in [2.45, 2.75) is 12.5 Å². The topological polar surface area (TPSA) is 75.9 Å². The molecule has 1 unspecified atom stereocenters. The first-order chi connectivity index (χ1) is 10.5. The first-order valence-corrected chi connectivity index (χ1v) is 7.37. The molecule has 2 amide bonds. The maximum absolute atomic E-state index is 12.7. The molecule has 1 aromatic carbocycles. The smallest absolute Gasteiger partial charge is 0.248 e. The molecule has 1 heterocycles. The lowest BCUT2D eigenvalue weighted by Crippen LogP contribution is -2.57. The standard InChI is InChI=1S/C16H23N3O3/c1-16(17,13-6-4-3-5-7-13)15(21)19-10-8-18(9-11-19)14(20)12-22-2/h3-7H,8-12,17H2,1-2H3. The van der Waals surface area contributed by atoms with Gasteiger partial charge >= 0.3 is 0 Å². The summed E-state index contributed by atoms with van der Waals surface area (Å²) in [6.07, 6.45) is 0. The summed E-state index contributed by atoms with van der Waals surface area (Å²) in [5, 5.41) is 0. The van der Waals surface area contributed by atoms with E-state index in [2.05, 4.69) is 0 Å². The molecule has 1 aromatic rings. The maximum Gasteiger partial charge on any atom is 0.248 e. The minimum Gasteiger partial charge on any atom is -0.375 e. The van der Waals surface area contributed by atoms with E-state index in [0.29, 0.717) is 26.2 Å². The predicted molar refractivity (Wildman–Crippen MR) is 83.0 cm³/mol. The van der Waals surface area contributed by atoms with E-state index >= 15 is 0 Å². The quantitative estimate of drug-likeness (QED) is 0.861. The van der Waals surface area contributed by atoms with Crippen LogP contribution in [0.3, 0.4) is 0 Å². The number of hydrogen-bond donors (Lipinski definition) is 1. The van der Waals surface area contributed by atoms with Gasteiger partial charge in [0.15, 0.2) is 0 Å². The van der Waals surface area contributed by atoms with Gasteiger partial charge in [0.2, 0.25) is 11.8 Å². The number of rotatable bonds is 4. The van der Waals surface area contributed by atoms with E-state index in [1.807, 2.05) is 30.3 Å². The van der Waals surface area contributed by atoms with Crippen LogP contribution in [0.15, 0.2) is 30.3 Å². The maximum atomic E-state index is 12.7. The molecule has 0 aromatic heterocycles. The molecule has 0 saturated carbocycles. The van der Waals surface area contributed by atoms with Gasteiger partial charge in [0, 0.05) is 33.3 Å². The summed E-state index contributed by atoms with van der Waals surface area (Å²) in [5.41, 5.74) is 6.00. The third-order valence-corrected chi connectivity index (χ3v) is 4.01. The Morgan fingerprint density at radius 3 is 2.23 bits per heavy atom. The Bertz CT molecular complexity index is 523. The van der Waals surface area contributed by atoms with Crippen molar-refractivity contribution in [1.82, 2.24) is 9.80 Å². The number of amides is 2. The fraction of sp³-hybridized carbons (Fsp3) is 0.500. The Labute approximate surface area is 130 Å². The molecule has 1 aliphatic heterocycles. The molecule has 1 aliphatic rings. The van der Waals surface area contributed by atoms with Gasteiger partial charge in [0.05, 0.1) is 0 Å². The SMILES string of the molecule is COCC(=O)N1CCN(C(=O)C(C)(N)c2ccccc2)CC1. The third kappa shape index (κ3) is 3.45. The number of methoxy groups -OCH3 is 1. The van der Waals surface area contributed by atoms with Crippen molar-refractivity contribution >= 4 is 11.8 Å². The first-order valence-electron chi connectivity index (χ1n) is 7.37. The van der Waals surface area contributed by atoms with Crippen LogP contribution in [0.1, 0.15) is 12.5 Å². The molecular weight excluding hydrogens is 282 g/mol. The Hall–Kier alpha value is -1.92. The number of hydrogen-bond acceptors (Lipinski definition) is 4. The van der Waals surface area contributed by atoms with E-state index in [-0.39, 0.29) is 18.4 Å². The average Bonchev–Trinajstić information content (AvgIpc) is 2.55. The highest BCUT2D eigenvalue weighted by molar-refractivity contribution is 5.87. The molecule has 1 fully saturated rings. The van der Waals surface area contributed by atoms with E-state index in [0.717, 1.165) is 5.56 Å². The largest absolute Gasteiger partial charge is 0.375 e. The van der Waals surface area contributed by atoms with E-state index in [1.165, 1.54) is 7.11 Å². The van der Waals surface area contributed by atoms with Crippen molar-refractivity contribution in [2.24, 2.45) is 5.73 Å². The van der Waals surface area contributed by atoms with Crippen LogP contribution in [-0.2, 0) is 19.9 Å². The Balaban J connectivity index is 1.99. The molecule has 6 nitrogen and oxygen atoms in total. The van der Waals surface area contributed by atoms with Gasteiger partial charge in [-0.05, 0) is 12.5 Å². The van der Waals surface area contributed by atoms with Crippen molar-refractivity contribution in [1.29, 1.82) is 0 Å². The van der Waals surface area contributed by atoms with Crippen molar-refractivity contribution in [2.75, 3.05) is 39.9 Å². The molecule has 120 valence electrons. The molecule has 6 heteroatoms. The van der Waals surface area contributed by atoms with Crippen LogP contribution >= 0.6 is 0 Å². The monoisotopic (exact) mass is 305 g/mol. The second-order valence-corrected chi connectivity index (χ2v) is 5.67. The summed E-state index contributed by atoms with van der Waals surface area (Å²) >= 11 is 0. The second kappa shape index (κ2) is 6.89. The fourth-order valence-electron chi connectivity index (χ4n) is 2.61. The predicted octanol–water partition coefficient (Wildman–Crippen LogP) is 0.178. The zero-order valence-corrected chi connectivity index (χ0v) is 13.1. The van der Waals surface area contributed by atoms with Gasteiger partial charge in [0.1, 0.15) is 12.1 Å². The van der Waals surface area contributed by atoms with Gasteiger partial charge in [-0.2, -0.15) is 0 Å². The lowest BCUT2D eigenvalue weighted by atomic mass is 9.91. The normalized spacial score (nSPS) is 18.0. The highest BCUT2D eigenvalue weighted by Gasteiger charge is 2.36. The number of nitrogens with two attached hydrogens (primary N) is 1. The van der Waals surface area contributed by atoms with Crippen molar-refractivity contribution in [3.05, 3.63) is 35.9 Å². The van der Waals surface area contributed by atoms with Crippen LogP contribution in [0.25, 0.3) is 0 Å². The molecule has 0 radical (unpaired) electrons. The van der Waals surface area contributed by atoms with E-state index in [9.17, 15) is 9.59 Å². The Kier molecular flexibility index (Phi) is 5.15. The minimum atomic E-state index is -1.06. The molecule has 0 bridgehead atoms. The molecule has 1 saturated heterocycles. The molecule has 0 aliphatic carbocycles. The summed E-state index contributed by atoms with van der Waals surface area (Å²) in [7, 11) is 1.50. The van der Waals surface area contributed by atoms with Gasteiger partial charge < -0.3 is 20.3 Å². The number of benzene rings is 1. The third-order valence-electron chi connectivity index (χ3n) is 4.01. The molecular formula is C16H23N3O3. The van der Waals surface area contributed by atoms with E-state index in [4.69, 9.17) is 10.5 Å². The van der Waals surface area contributed by atoms with E-state index in [1.54, 1.807) is 16.7 Å². The molecule has 2 N–H and O–H groups in total. The zero-order chi connectivity index (χ0) is 16.2. The van der Waals surface area contributed by atoms with Crippen LogP contribution in [0.5, 0.6) is 0 Å². The van der Waals surface area contributed by atoms with Gasteiger partial charge in [-0.15, -0.1) is 0 Å².